The minimum atomic E-state index is -3.77. The Morgan fingerprint density at radius 3 is 2.52 bits per heavy atom. The van der Waals surface area contributed by atoms with Gasteiger partial charge in [-0.15, -0.1) is 0 Å². The second-order valence-electron chi connectivity index (χ2n) is 5.28. The van der Waals surface area contributed by atoms with Crippen LogP contribution in [0.15, 0.2) is 34.6 Å². The van der Waals surface area contributed by atoms with Crippen LogP contribution in [0.2, 0.25) is 0 Å². The molecule has 0 saturated heterocycles. The van der Waals surface area contributed by atoms with Crippen LogP contribution in [0.1, 0.15) is 38.5 Å². The van der Waals surface area contributed by atoms with Crippen LogP contribution < -0.4 is 10.5 Å². The monoisotopic (exact) mass is 312 g/mol. The molecule has 21 heavy (non-hydrogen) atoms. The van der Waals surface area contributed by atoms with Crippen LogP contribution in [0.3, 0.4) is 0 Å². The van der Waals surface area contributed by atoms with Crippen molar-refractivity contribution in [3.05, 3.63) is 24.5 Å². The third-order valence-electron chi connectivity index (χ3n) is 3.83. The molecule has 1 aliphatic carbocycles. The summed E-state index contributed by atoms with van der Waals surface area (Å²) in [5.41, 5.74) is 4.77. The Bertz CT molecular complexity index is 593. The summed E-state index contributed by atoms with van der Waals surface area (Å²) in [6.07, 6.45) is 7.48. The summed E-state index contributed by atoms with van der Waals surface area (Å²) in [7, 11) is -3.77. The molecule has 7 nitrogen and oxygen atoms in total. The number of nitrogens with one attached hydrogen (secondary N) is 1. The van der Waals surface area contributed by atoms with Crippen molar-refractivity contribution in [1.82, 2.24) is 9.71 Å². The topological polar surface area (TPSA) is 118 Å². The van der Waals surface area contributed by atoms with Gasteiger partial charge in [-0.2, -0.15) is 4.72 Å². The molecule has 0 bridgehead atoms. The maximum Gasteiger partial charge on any atom is 0.243 e. The van der Waals surface area contributed by atoms with Crippen LogP contribution in [0.25, 0.3) is 0 Å². The summed E-state index contributed by atoms with van der Waals surface area (Å²) in [5, 5.41) is 12.1. The van der Waals surface area contributed by atoms with E-state index < -0.39 is 15.6 Å². The van der Waals surface area contributed by atoms with Gasteiger partial charge >= 0.3 is 0 Å². The van der Waals surface area contributed by atoms with Gasteiger partial charge in [-0.3, -0.25) is 4.98 Å². The van der Waals surface area contributed by atoms with E-state index in [9.17, 15) is 8.42 Å². The summed E-state index contributed by atoms with van der Waals surface area (Å²) < 4.78 is 27.6. The first-order valence-corrected chi connectivity index (χ1v) is 8.40. The highest BCUT2D eigenvalue weighted by molar-refractivity contribution is 7.89. The molecule has 1 aliphatic rings. The summed E-state index contributed by atoms with van der Waals surface area (Å²) in [5.74, 6) is -0.0862. The molecule has 1 saturated carbocycles. The van der Waals surface area contributed by atoms with Crippen LogP contribution in [0.4, 0.5) is 0 Å². The van der Waals surface area contributed by atoms with E-state index in [1.165, 1.54) is 18.5 Å². The van der Waals surface area contributed by atoms with Crippen LogP contribution in [0.5, 0.6) is 0 Å². The van der Waals surface area contributed by atoms with Crippen molar-refractivity contribution in [3.8, 4) is 0 Å². The van der Waals surface area contributed by atoms with Gasteiger partial charge in [0.25, 0.3) is 0 Å². The molecule has 0 amide bonds. The summed E-state index contributed by atoms with van der Waals surface area (Å²) in [6.45, 7) is 0. The number of pyridine rings is 1. The molecule has 8 heteroatoms. The van der Waals surface area contributed by atoms with E-state index in [0.717, 1.165) is 25.7 Å². The molecule has 0 spiro atoms. The molecule has 116 valence electrons. The molecule has 1 heterocycles. The average Bonchev–Trinajstić information content (AvgIpc) is 2.73. The largest absolute Gasteiger partial charge is 0.409 e. The number of aromatic nitrogens is 1. The SMILES string of the molecule is N/C(=N/O)C1(NS(=O)(=O)c2cccnc2)CCCCCC1. The number of nitrogens with two attached hydrogens (primary N) is 1. The summed E-state index contributed by atoms with van der Waals surface area (Å²) in [6, 6.07) is 3.02. The third-order valence-corrected chi connectivity index (χ3v) is 5.35. The van der Waals surface area contributed by atoms with Crippen molar-refractivity contribution >= 4 is 15.9 Å². The molecule has 1 fully saturated rings. The predicted molar refractivity (Wildman–Crippen MR) is 78.4 cm³/mol. The molecular weight excluding hydrogens is 292 g/mol. The highest BCUT2D eigenvalue weighted by Gasteiger charge is 2.39. The Morgan fingerprint density at radius 2 is 2.00 bits per heavy atom. The lowest BCUT2D eigenvalue weighted by Gasteiger charge is -2.32. The van der Waals surface area contributed by atoms with Gasteiger partial charge < -0.3 is 10.9 Å². The molecular formula is C13H20N4O3S. The van der Waals surface area contributed by atoms with E-state index in [-0.39, 0.29) is 10.7 Å². The maximum absolute atomic E-state index is 12.5. The smallest absolute Gasteiger partial charge is 0.243 e. The fourth-order valence-electron chi connectivity index (χ4n) is 2.66. The van der Waals surface area contributed by atoms with Crippen LogP contribution >= 0.6 is 0 Å². The van der Waals surface area contributed by atoms with Gasteiger partial charge in [0.05, 0.1) is 5.54 Å². The zero-order valence-electron chi connectivity index (χ0n) is 11.7. The predicted octanol–water partition coefficient (Wildman–Crippen LogP) is 1.20. The Hall–Kier alpha value is -1.67. The van der Waals surface area contributed by atoms with Gasteiger partial charge in [0.2, 0.25) is 10.0 Å². The summed E-state index contributed by atoms with van der Waals surface area (Å²) in [4.78, 5) is 3.89. The van der Waals surface area contributed by atoms with Crippen molar-refractivity contribution in [2.24, 2.45) is 10.9 Å². The second kappa shape index (κ2) is 6.40. The number of oxime groups is 1. The Morgan fingerprint density at radius 1 is 1.33 bits per heavy atom. The van der Waals surface area contributed by atoms with E-state index in [4.69, 9.17) is 10.9 Å². The first-order chi connectivity index (χ1) is 10.0. The van der Waals surface area contributed by atoms with E-state index in [2.05, 4.69) is 14.9 Å². The normalized spacial score (nSPS) is 19.9. The zero-order valence-corrected chi connectivity index (χ0v) is 12.5. The van der Waals surface area contributed by atoms with Gasteiger partial charge in [0.15, 0.2) is 5.84 Å². The molecule has 0 aliphatic heterocycles. The molecule has 2 rings (SSSR count). The Balaban J connectivity index is 2.35. The highest BCUT2D eigenvalue weighted by atomic mass is 32.2. The fraction of sp³-hybridized carbons (Fsp3) is 0.538. The number of rotatable bonds is 4. The molecule has 0 unspecified atom stereocenters. The summed E-state index contributed by atoms with van der Waals surface area (Å²) >= 11 is 0. The number of amidine groups is 1. The number of sulfonamides is 1. The maximum atomic E-state index is 12.5. The number of nitrogens with zero attached hydrogens (tertiary/aromatic N) is 2. The fourth-order valence-corrected chi connectivity index (χ4v) is 4.06. The van der Waals surface area contributed by atoms with Crippen molar-refractivity contribution in [3.63, 3.8) is 0 Å². The molecule has 0 atom stereocenters. The Labute approximate surface area is 124 Å². The van der Waals surface area contributed by atoms with Crippen LogP contribution in [-0.4, -0.2) is 30.0 Å². The van der Waals surface area contributed by atoms with E-state index in [1.54, 1.807) is 6.07 Å². The van der Waals surface area contributed by atoms with Gasteiger partial charge in [-0.1, -0.05) is 30.8 Å². The molecule has 1 aromatic heterocycles. The van der Waals surface area contributed by atoms with Gasteiger partial charge in [0, 0.05) is 12.4 Å². The first-order valence-electron chi connectivity index (χ1n) is 6.92. The van der Waals surface area contributed by atoms with Crippen molar-refractivity contribution < 1.29 is 13.6 Å². The van der Waals surface area contributed by atoms with Crippen LogP contribution in [-0.2, 0) is 10.0 Å². The first kappa shape index (κ1) is 15.7. The average molecular weight is 312 g/mol. The van der Waals surface area contributed by atoms with E-state index in [1.807, 2.05) is 0 Å². The standard InChI is InChI=1S/C13H20N4O3S/c14-12(16-18)13(7-3-1-2-4-8-13)17-21(19,20)11-6-5-9-15-10-11/h5-6,9-10,17-18H,1-4,7-8H2,(H2,14,16). The van der Waals surface area contributed by atoms with E-state index in [0.29, 0.717) is 12.8 Å². The van der Waals surface area contributed by atoms with Crippen LogP contribution in [0, 0.1) is 0 Å². The molecule has 4 N–H and O–H groups in total. The lowest BCUT2D eigenvalue weighted by molar-refractivity contribution is 0.306. The highest BCUT2D eigenvalue weighted by Crippen LogP contribution is 2.29. The lowest BCUT2D eigenvalue weighted by atomic mass is 9.90. The van der Waals surface area contributed by atoms with Gasteiger partial charge in [-0.25, -0.2) is 8.42 Å². The second-order valence-corrected chi connectivity index (χ2v) is 6.96. The van der Waals surface area contributed by atoms with Gasteiger partial charge in [-0.05, 0) is 25.0 Å². The molecule has 0 radical (unpaired) electrons. The minimum Gasteiger partial charge on any atom is -0.409 e. The van der Waals surface area contributed by atoms with Crippen molar-refractivity contribution in [2.45, 2.75) is 49.0 Å². The molecule has 0 aromatic carbocycles. The molecule has 1 aromatic rings. The lowest BCUT2D eigenvalue weighted by Crippen LogP contribution is -2.57. The van der Waals surface area contributed by atoms with Gasteiger partial charge in [0.1, 0.15) is 4.90 Å². The zero-order chi connectivity index (χ0) is 15.3. The number of hydrogen-bond acceptors (Lipinski definition) is 5. The Kier molecular flexibility index (Phi) is 4.79. The van der Waals surface area contributed by atoms with Crippen molar-refractivity contribution in [1.29, 1.82) is 0 Å². The third kappa shape index (κ3) is 3.51. The van der Waals surface area contributed by atoms with Crippen molar-refractivity contribution in [2.75, 3.05) is 0 Å². The minimum absolute atomic E-state index is 0.0689. The van der Waals surface area contributed by atoms with E-state index >= 15 is 0 Å². The quantitative estimate of drug-likeness (QED) is 0.254. The number of hydrogen-bond donors (Lipinski definition) is 3.